The van der Waals surface area contributed by atoms with Crippen molar-refractivity contribution in [1.82, 2.24) is 4.98 Å². The first-order valence-electron chi connectivity index (χ1n) is 7.32. The van der Waals surface area contributed by atoms with Crippen molar-refractivity contribution in [2.45, 2.75) is 45.8 Å². The van der Waals surface area contributed by atoms with Gasteiger partial charge >= 0.3 is 0 Å². The topological polar surface area (TPSA) is 42.4 Å². The Morgan fingerprint density at radius 1 is 1.20 bits per heavy atom. The molecule has 1 heterocycles. The summed E-state index contributed by atoms with van der Waals surface area (Å²) in [6.07, 6.45) is 1.14. The van der Waals surface area contributed by atoms with Crippen LogP contribution in [0, 0.1) is 6.92 Å². The number of pyridine rings is 1. The lowest BCUT2D eigenvalue weighted by Crippen LogP contribution is -2.22. The fourth-order valence-corrected chi connectivity index (χ4v) is 2.48. The van der Waals surface area contributed by atoms with Crippen molar-refractivity contribution in [1.29, 1.82) is 0 Å². The van der Waals surface area contributed by atoms with Gasteiger partial charge in [-0.1, -0.05) is 25.5 Å². The Bertz CT molecular complexity index is 562. The molecule has 0 spiro atoms. The van der Waals surface area contributed by atoms with Gasteiger partial charge in [0.25, 0.3) is 0 Å². The quantitative estimate of drug-likeness (QED) is 0.871. The number of hydrogen-bond acceptors (Lipinski definition) is 3. The Kier molecular flexibility index (Phi) is 5.10. The Morgan fingerprint density at radius 3 is 2.70 bits per heavy atom. The third-order valence-electron chi connectivity index (χ3n) is 3.50. The minimum Gasteiger partial charge on any atom is -0.386 e. The van der Waals surface area contributed by atoms with Gasteiger partial charge in [0.05, 0.1) is 11.6 Å². The summed E-state index contributed by atoms with van der Waals surface area (Å²) in [5.74, 6) is 0. The molecule has 108 valence electrons. The summed E-state index contributed by atoms with van der Waals surface area (Å²) in [7, 11) is 0. The number of nitrogens with zero attached hydrogens (tertiary/aromatic N) is 1. The van der Waals surface area contributed by atoms with E-state index in [1.807, 2.05) is 44.2 Å². The van der Waals surface area contributed by atoms with Gasteiger partial charge in [0, 0.05) is 17.7 Å². The largest absolute Gasteiger partial charge is 0.386 e. The van der Waals surface area contributed by atoms with E-state index >= 15 is 0 Å². The summed E-state index contributed by atoms with van der Waals surface area (Å²) < 4.78 is 5.66. The van der Waals surface area contributed by atoms with Gasteiger partial charge in [0.2, 0.25) is 0 Å². The average Bonchev–Trinajstić information content (AvgIpc) is 2.45. The molecule has 0 radical (unpaired) electrons. The standard InChI is InChI=1S/C17H23NO2/c1-4-6-16(20-5-2)17(19)14-9-10-15-13(11-14)8-7-12(3)18-15/h7-11,16-17,19H,4-6H2,1-3H3. The van der Waals surface area contributed by atoms with Gasteiger partial charge in [-0.05, 0) is 44.0 Å². The summed E-state index contributed by atoms with van der Waals surface area (Å²) in [5.41, 5.74) is 2.86. The second kappa shape index (κ2) is 6.82. The number of benzene rings is 1. The van der Waals surface area contributed by atoms with E-state index in [2.05, 4.69) is 11.9 Å². The molecule has 20 heavy (non-hydrogen) atoms. The van der Waals surface area contributed by atoms with Crippen molar-refractivity contribution in [2.24, 2.45) is 0 Å². The number of hydrogen-bond donors (Lipinski definition) is 1. The Balaban J connectivity index is 2.28. The van der Waals surface area contributed by atoms with Crippen LogP contribution >= 0.6 is 0 Å². The first-order valence-corrected chi connectivity index (χ1v) is 7.32. The van der Waals surface area contributed by atoms with E-state index in [4.69, 9.17) is 4.74 Å². The van der Waals surface area contributed by atoms with Crippen LogP contribution in [0.2, 0.25) is 0 Å². The number of aliphatic hydroxyl groups excluding tert-OH is 1. The highest BCUT2D eigenvalue weighted by Gasteiger charge is 2.20. The van der Waals surface area contributed by atoms with Crippen molar-refractivity contribution in [2.75, 3.05) is 6.61 Å². The summed E-state index contributed by atoms with van der Waals surface area (Å²) in [6.45, 7) is 6.67. The smallest absolute Gasteiger partial charge is 0.105 e. The normalized spacial score (nSPS) is 14.4. The van der Waals surface area contributed by atoms with E-state index < -0.39 is 6.10 Å². The van der Waals surface area contributed by atoms with Gasteiger partial charge in [0.15, 0.2) is 0 Å². The van der Waals surface area contributed by atoms with Crippen molar-refractivity contribution in [3.63, 3.8) is 0 Å². The Labute approximate surface area is 120 Å². The molecule has 0 saturated carbocycles. The lowest BCUT2D eigenvalue weighted by Gasteiger charge is -2.23. The van der Waals surface area contributed by atoms with E-state index in [9.17, 15) is 5.11 Å². The molecule has 0 fully saturated rings. The van der Waals surface area contributed by atoms with Gasteiger partial charge in [-0.15, -0.1) is 0 Å². The maximum Gasteiger partial charge on any atom is 0.105 e. The molecular weight excluding hydrogens is 250 g/mol. The zero-order chi connectivity index (χ0) is 14.5. The molecule has 2 aromatic rings. The highest BCUT2D eigenvalue weighted by molar-refractivity contribution is 5.79. The molecule has 3 nitrogen and oxygen atoms in total. The second-order valence-corrected chi connectivity index (χ2v) is 5.13. The van der Waals surface area contributed by atoms with Crippen LogP contribution in [0.25, 0.3) is 10.9 Å². The van der Waals surface area contributed by atoms with Gasteiger partial charge < -0.3 is 9.84 Å². The summed E-state index contributed by atoms with van der Waals surface area (Å²) in [5, 5.41) is 11.6. The molecule has 0 aliphatic carbocycles. The molecule has 0 aliphatic heterocycles. The molecule has 0 saturated heterocycles. The number of aryl methyl sites for hydroxylation is 1. The van der Waals surface area contributed by atoms with Gasteiger partial charge in [-0.25, -0.2) is 0 Å². The highest BCUT2D eigenvalue weighted by atomic mass is 16.5. The lowest BCUT2D eigenvalue weighted by atomic mass is 9.99. The molecule has 2 rings (SSSR count). The molecule has 0 bridgehead atoms. The summed E-state index contributed by atoms with van der Waals surface area (Å²) in [4.78, 5) is 4.48. The minimum absolute atomic E-state index is 0.138. The van der Waals surface area contributed by atoms with Crippen molar-refractivity contribution >= 4 is 10.9 Å². The van der Waals surface area contributed by atoms with Crippen LogP contribution in [0.5, 0.6) is 0 Å². The maximum atomic E-state index is 10.5. The number of fused-ring (bicyclic) bond motifs is 1. The molecular formula is C17H23NO2. The van der Waals surface area contributed by atoms with E-state index in [0.717, 1.165) is 35.0 Å². The van der Waals surface area contributed by atoms with E-state index in [-0.39, 0.29) is 6.10 Å². The van der Waals surface area contributed by atoms with Crippen molar-refractivity contribution in [3.05, 3.63) is 41.6 Å². The maximum absolute atomic E-state index is 10.5. The van der Waals surface area contributed by atoms with E-state index in [1.165, 1.54) is 0 Å². The number of rotatable bonds is 6. The van der Waals surface area contributed by atoms with E-state index in [1.54, 1.807) is 0 Å². The fourth-order valence-electron chi connectivity index (χ4n) is 2.48. The molecule has 1 aromatic heterocycles. The van der Waals surface area contributed by atoms with Crippen LogP contribution in [0.1, 0.15) is 44.1 Å². The van der Waals surface area contributed by atoms with Crippen LogP contribution in [0.15, 0.2) is 30.3 Å². The first-order chi connectivity index (χ1) is 9.65. The second-order valence-electron chi connectivity index (χ2n) is 5.13. The van der Waals surface area contributed by atoms with Crippen molar-refractivity contribution in [3.8, 4) is 0 Å². The predicted molar refractivity (Wildman–Crippen MR) is 81.8 cm³/mol. The zero-order valence-electron chi connectivity index (χ0n) is 12.5. The molecule has 2 unspecified atom stereocenters. The Hall–Kier alpha value is -1.45. The van der Waals surface area contributed by atoms with Gasteiger partial charge in [-0.2, -0.15) is 0 Å². The monoisotopic (exact) mass is 273 g/mol. The van der Waals surface area contributed by atoms with Crippen molar-refractivity contribution < 1.29 is 9.84 Å². The average molecular weight is 273 g/mol. The lowest BCUT2D eigenvalue weighted by molar-refractivity contribution is -0.0384. The third-order valence-corrected chi connectivity index (χ3v) is 3.50. The van der Waals surface area contributed by atoms with Crippen LogP contribution in [-0.4, -0.2) is 22.8 Å². The number of aromatic nitrogens is 1. The molecule has 2 atom stereocenters. The summed E-state index contributed by atoms with van der Waals surface area (Å²) in [6, 6.07) is 9.96. The first kappa shape index (κ1) is 14.9. The number of ether oxygens (including phenoxy) is 1. The van der Waals surface area contributed by atoms with Gasteiger partial charge in [0.1, 0.15) is 6.10 Å². The predicted octanol–water partition coefficient (Wildman–Crippen LogP) is 3.78. The van der Waals surface area contributed by atoms with Gasteiger partial charge in [-0.3, -0.25) is 4.98 Å². The molecule has 0 amide bonds. The molecule has 3 heteroatoms. The van der Waals surface area contributed by atoms with Crippen LogP contribution < -0.4 is 0 Å². The van der Waals surface area contributed by atoms with Crippen LogP contribution in [-0.2, 0) is 4.74 Å². The summed E-state index contributed by atoms with van der Waals surface area (Å²) >= 11 is 0. The fraction of sp³-hybridized carbons (Fsp3) is 0.471. The SMILES string of the molecule is CCCC(OCC)C(O)c1ccc2nc(C)ccc2c1. The highest BCUT2D eigenvalue weighted by Crippen LogP contribution is 2.25. The number of aliphatic hydroxyl groups is 1. The minimum atomic E-state index is -0.583. The van der Waals surface area contributed by atoms with Crippen LogP contribution in [0.3, 0.4) is 0 Å². The van der Waals surface area contributed by atoms with Crippen LogP contribution in [0.4, 0.5) is 0 Å². The molecule has 1 N–H and O–H groups in total. The zero-order valence-corrected chi connectivity index (χ0v) is 12.5. The van der Waals surface area contributed by atoms with E-state index in [0.29, 0.717) is 6.61 Å². The Morgan fingerprint density at radius 2 is 2.00 bits per heavy atom. The molecule has 1 aromatic carbocycles. The molecule has 0 aliphatic rings. The third kappa shape index (κ3) is 3.35.